The van der Waals surface area contributed by atoms with Gasteiger partial charge in [-0.2, -0.15) is 0 Å². The van der Waals surface area contributed by atoms with Crippen molar-refractivity contribution in [3.05, 3.63) is 48.7 Å². The Morgan fingerprint density at radius 3 is 2.72 bits per heavy atom. The van der Waals surface area contributed by atoms with Crippen molar-refractivity contribution in [1.82, 2.24) is 19.7 Å². The van der Waals surface area contributed by atoms with Gasteiger partial charge in [0.15, 0.2) is 10.9 Å². The van der Waals surface area contributed by atoms with Crippen LogP contribution >= 0.6 is 11.8 Å². The van der Waals surface area contributed by atoms with Crippen molar-refractivity contribution < 1.29 is 14.0 Å². The van der Waals surface area contributed by atoms with E-state index in [0.717, 1.165) is 18.5 Å². The van der Waals surface area contributed by atoms with Crippen LogP contribution in [0.15, 0.2) is 58.3 Å². The number of thioether (sulfide) groups is 1. The number of piperidine rings is 1. The number of carbonyl (C=O) groups excluding carboxylic acids is 2. The molecule has 1 aliphatic heterocycles. The van der Waals surface area contributed by atoms with Crippen LogP contribution in [0.3, 0.4) is 0 Å². The second kappa shape index (κ2) is 8.52. The van der Waals surface area contributed by atoms with Crippen molar-refractivity contribution in [2.75, 3.05) is 18.8 Å². The van der Waals surface area contributed by atoms with Gasteiger partial charge in [0, 0.05) is 18.8 Å². The lowest BCUT2D eigenvalue weighted by Crippen LogP contribution is -2.44. The van der Waals surface area contributed by atoms with Crippen molar-refractivity contribution >= 4 is 23.6 Å². The van der Waals surface area contributed by atoms with E-state index in [1.165, 1.54) is 11.8 Å². The summed E-state index contributed by atoms with van der Waals surface area (Å²) in [6.45, 7) is 1.03. The van der Waals surface area contributed by atoms with Crippen LogP contribution in [-0.4, -0.2) is 50.3 Å². The summed E-state index contributed by atoms with van der Waals surface area (Å²) in [4.78, 5) is 25.9. The van der Waals surface area contributed by atoms with Gasteiger partial charge in [0.05, 0.1) is 17.9 Å². The van der Waals surface area contributed by atoms with E-state index in [4.69, 9.17) is 10.2 Å². The van der Waals surface area contributed by atoms with E-state index in [-0.39, 0.29) is 23.5 Å². The highest BCUT2D eigenvalue weighted by Crippen LogP contribution is 2.28. The van der Waals surface area contributed by atoms with Crippen LogP contribution in [0.25, 0.3) is 17.3 Å². The molecule has 0 aliphatic carbocycles. The topological polar surface area (TPSA) is 107 Å². The number of carbonyl (C=O) groups is 2. The number of nitrogens with two attached hydrogens (primary N) is 1. The van der Waals surface area contributed by atoms with E-state index in [1.54, 1.807) is 17.2 Å². The predicted molar refractivity (Wildman–Crippen MR) is 108 cm³/mol. The number of rotatable bonds is 6. The molecule has 1 atom stereocenters. The highest BCUT2D eigenvalue weighted by Gasteiger charge is 2.27. The first-order chi connectivity index (χ1) is 14.1. The summed E-state index contributed by atoms with van der Waals surface area (Å²) >= 11 is 1.31. The monoisotopic (exact) mass is 411 g/mol. The molecule has 1 saturated heterocycles. The first-order valence-corrected chi connectivity index (χ1v) is 10.4. The number of hydrogen-bond acceptors (Lipinski definition) is 6. The second-order valence-electron chi connectivity index (χ2n) is 6.82. The third-order valence-corrected chi connectivity index (χ3v) is 5.80. The Kier molecular flexibility index (Phi) is 5.66. The smallest absolute Gasteiger partial charge is 0.233 e. The fourth-order valence-corrected chi connectivity index (χ4v) is 4.25. The lowest BCUT2D eigenvalue weighted by molar-refractivity contribution is -0.132. The number of para-hydroxylation sites is 1. The van der Waals surface area contributed by atoms with Crippen LogP contribution < -0.4 is 5.73 Å². The molecule has 29 heavy (non-hydrogen) atoms. The molecule has 2 N–H and O–H groups in total. The van der Waals surface area contributed by atoms with E-state index in [9.17, 15) is 9.59 Å². The van der Waals surface area contributed by atoms with E-state index in [1.807, 2.05) is 41.0 Å². The van der Waals surface area contributed by atoms with Crippen LogP contribution in [0.2, 0.25) is 0 Å². The molecular weight excluding hydrogens is 390 g/mol. The molecule has 2 aromatic heterocycles. The molecule has 0 bridgehead atoms. The zero-order valence-corrected chi connectivity index (χ0v) is 16.5. The van der Waals surface area contributed by atoms with E-state index in [2.05, 4.69) is 10.2 Å². The number of benzene rings is 1. The number of likely N-dealkylation sites (tertiary alicyclic amines) is 1. The quantitative estimate of drug-likeness (QED) is 0.624. The fraction of sp³-hybridized carbons (Fsp3) is 0.300. The number of amides is 2. The Bertz CT molecular complexity index is 987. The Morgan fingerprint density at radius 2 is 2.00 bits per heavy atom. The maximum Gasteiger partial charge on any atom is 0.233 e. The largest absolute Gasteiger partial charge is 0.461 e. The van der Waals surface area contributed by atoms with Crippen LogP contribution in [0.1, 0.15) is 12.8 Å². The lowest BCUT2D eigenvalue weighted by Gasteiger charge is -2.31. The summed E-state index contributed by atoms with van der Waals surface area (Å²) in [7, 11) is 0. The minimum Gasteiger partial charge on any atom is -0.461 e. The summed E-state index contributed by atoms with van der Waals surface area (Å²) in [5.74, 6) is 0.721. The predicted octanol–water partition coefficient (Wildman–Crippen LogP) is 2.34. The van der Waals surface area contributed by atoms with E-state index in [0.29, 0.717) is 29.8 Å². The molecule has 150 valence electrons. The summed E-state index contributed by atoms with van der Waals surface area (Å²) in [5, 5.41) is 9.15. The molecule has 2 amide bonds. The minimum absolute atomic E-state index is 0.0388. The molecule has 9 heteroatoms. The fourth-order valence-electron chi connectivity index (χ4n) is 3.39. The highest BCUT2D eigenvalue weighted by molar-refractivity contribution is 7.99. The summed E-state index contributed by atoms with van der Waals surface area (Å²) in [5.41, 5.74) is 6.30. The van der Waals surface area contributed by atoms with Crippen molar-refractivity contribution in [1.29, 1.82) is 0 Å². The molecule has 0 spiro atoms. The molecule has 0 radical (unpaired) electrons. The van der Waals surface area contributed by atoms with Gasteiger partial charge in [0.2, 0.25) is 17.6 Å². The van der Waals surface area contributed by atoms with Gasteiger partial charge in [0.1, 0.15) is 0 Å². The Balaban J connectivity index is 1.53. The molecule has 3 aromatic rings. The Labute approximate surface area is 172 Å². The number of hydrogen-bond donors (Lipinski definition) is 1. The van der Waals surface area contributed by atoms with Crippen molar-refractivity contribution in [3.8, 4) is 17.3 Å². The van der Waals surface area contributed by atoms with Gasteiger partial charge in [-0.05, 0) is 37.1 Å². The molecule has 0 saturated carbocycles. The average molecular weight is 411 g/mol. The first kappa shape index (κ1) is 19.3. The molecule has 1 fully saturated rings. The van der Waals surface area contributed by atoms with Gasteiger partial charge in [0.25, 0.3) is 0 Å². The summed E-state index contributed by atoms with van der Waals surface area (Å²) < 4.78 is 7.37. The lowest BCUT2D eigenvalue weighted by atomic mass is 9.97. The van der Waals surface area contributed by atoms with Crippen molar-refractivity contribution in [2.24, 2.45) is 11.7 Å². The third-order valence-electron chi connectivity index (χ3n) is 4.89. The summed E-state index contributed by atoms with van der Waals surface area (Å²) in [6.07, 6.45) is 3.11. The van der Waals surface area contributed by atoms with E-state index >= 15 is 0 Å². The minimum atomic E-state index is -0.345. The highest BCUT2D eigenvalue weighted by atomic mass is 32.2. The molecule has 8 nitrogen and oxygen atoms in total. The van der Waals surface area contributed by atoms with Crippen LogP contribution in [-0.2, 0) is 9.59 Å². The number of aromatic nitrogens is 3. The van der Waals surface area contributed by atoms with Crippen molar-refractivity contribution in [2.45, 2.75) is 18.0 Å². The zero-order chi connectivity index (χ0) is 20.2. The molecule has 3 heterocycles. The molecule has 1 aliphatic rings. The average Bonchev–Trinajstić information content (AvgIpc) is 3.42. The molecular formula is C20H21N5O3S. The molecule has 1 aromatic carbocycles. The van der Waals surface area contributed by atoms with Crippen LogP contribution in [0.4, 0.5) is 0 Å². The van der Waals surface area contributed by atoms with Gasteiger partial charge in [-0.15, -0.1) is 10.2 Å². The maximum atomic E-state index is 12.7. The van der Waals surface area contributed by atoms with Gasteiger partial charge in [-0.25, -0.2) is 0 Å². The summed E-state index contributed by atoms with van der Waals surface area (Å²) in [6, 6.07) is 13.3. The molecule has 4 rings (SSSR count). The normalized spacial score (nSPS) is 16.7. The van der Waals surface area contributed by atoms with Gasteiger partial charge in [-0.1, -0.05) is 30.0 Å². The number of furan rings is 1. The Morgan fingerprint density at radius 1 is 1.17 bits per heavy atom. The SMILES string of the molecule is NC(=O)C1CCCN(C(=O)CSc2nnc(-c3ccco3)n2-c2ccccc2)C1. The third kappa shape index (κ3) is 4.19. The number of primary amides is 1. The number of nitrogens with zero attached hydrogens (tertiary/aromatic N) is 4. The zero-order valence-electron chi connectivity index (χ0n) is 15.7. The maximum absolute atomic E-state index is 12.7. The second-order valence-corrected chi connectivity index (χ2v) is 7.77. The van der Waals surface area contributed by atoms with Gasteiger partial charge >= 0.3 is 0 Å². The van der Waals surface area contributed by atoms with Crippen LogP contribution in [0.5, 0.6) is 0 Å². The first-order valence-electron chi connectivity index (χ1n) is 9.38. The van der Waals surface area contributed by atoms with Crippen LogP contribution in [0, 0.1) is 5.92 Å². The van der Waals surface area contributed by atoms with Gasteiger partial charge < -0.3 is 15.1 Å². The molecule has 1 unspecified atom stereocenters. The Hall–Kier alpha value is -3.07. The van der Waals surface area contributed by atoms with E-state index < -0.39 is 0 Å². The van der Waals surface area contributed by atoms with Gasteiger partial charge in [-0.3, -0.25) is 14.2 Å². The standard InChI is InChI=1S/C20H21N5O3S/c21-18(27)14-6-4-10-24(12-14)17(26)13-29-20-23-22-19(16-9-5-11-28-16)25(20)15-7-2-1-3-8-15/h1-3,5,7-9,11,14H,4,6,10,12-13H2,(H2,21,27). The van der Waals surface area contributed by atoms with Crippen molar-refractivity contribution in [3.63, 3.8) is 0 Å².